The van der Waals surface area contributed by atoms with Crippen LogP contribution in [0.1, 0.15) is 17.0 Å². The van der Waals surface area contributed by atoms with Gasteiger partial charge in [-0.1, -0.05) is 23.7 Å². The van der Waals surface area contributed by atoms with Gasteiger partial charge in [0.15, 0.2) is 0 Å². The number of carboxylic acids is 1. The molecule has 0 bridgehead atoms. The Morgan fingerprint density at radius 2 is 2.06 bits per heavy atom. The van der Waals surface area contributed by atoms with Crippen LogP contribution in [0.25, 0.3) is 5.69 Å². The summed E-state index contributed by atoms with van der Waals surface area (Å²) in [5.74, 6) is -0.828. The standard InChI is InChI=1S/C14H14ClNO2/c1-9-6-13(15)10(2)16(9)12-5-3-4-11(7-12)8-14(17)18/h3-7H,8H2,1-2H3,(H,17,18). The Labute approximate surface area is 111 Å². The highest BCUT2D eigenvalue weighted by atomic mass is 35.5. The van der Waals surface area contributed by atoms with Gasteiger partial charge in [0.1, 0.15) is 0 Å². The Balaban J connectivity index is 2.47. The predicted molar refractivity (Wildman–Crippen MR) is 71.6 cm³/mol. The SMILES string of the molecule is Cc1cc(Cl)c(C)n1-c1cccc(CC(=O)O)c1. The van der Waals surface area contributed by atoms with Crippen LogP contribution >= 0.6 is 11.6 Å². The van der Waals surface area contributed by atoms with Crippen molar-refractivity contribution >= 4 is 17.6 Å². The number of halogens is 1. The largest absolute Gasteiger partial charge is 0.481 e. The number of carboxylic acid groups (broad SMARTS) is 1. The molecule has 1 N–H and O–H groups in total. The molecular formula is C14H14ClNO2. The van der Waals surface area contributed by atoms with Crippen molar-refractivity contribution in [3.8, 4) is 5.69 Å². The van der Waals surface area contributed by atoms with Gasteiger partial charge in [-0.2, -0.15) is 0 Å². The van der Waals surface area contributed by atoms with E-state index in [9.17, 15) is 4.79 Å². The van der Waals surface area contributed by atoms with Gasteiger partial charge in [-0.25, -0.2) is 0 Å². The van der Waals surface area contributed by atoms with E-state index in [1.165, 1.54) is 0 Å². The molecule has 0 amide bonds. The number of aliphatic carboxylic acids is 1. The van der Waals surface area contributed by atoms with Crippen LogP contribution in [0.4, 0.5) is 0 Å². The summed E-state index contributed by atoms with van der Waals surface area (Å²) < 4.78 is 2.02. The molecule has 0 unspecified atom stereocenters. The normalized spacial score (nSPS) is 10.6. The summed E-state index contributed by atoms with van der Waals surface area (Å²) in [4.78, 5) is 10.7. The highest BCUT2D eigenvalue weighted by molar-refractivity contribution is 6.31. The lowest BCUT2D eigenvalue weighted by Crippen LogP contribution is -2.03. The van der Waals surface area contributed by atoms with Crippen molar-refractivity contribution in [3.05, 3.63) is 52.3 Å². The van der Waals surface area contributed by atoms with E-state index in [0.29, 0.717) is 0 Å². The van der Waals surface area contributed by atoms with Crippen LogP contribution < -0.4 is 0 Å². The molecule has 0 aliphatic heterocycles. The Morgan fingerprint density at radius 1 is 1.33 bits per heavy atom. The first-order valence-corrected chi connectivity index (χ1v) is 6.02. The number of hydrogen-bond acceptors (Lipinski definition) is 1. The average molecular weight is 264 g/mol. The van der Waals surface area contributed by atoms with Gasteiger partial charge in [-0.15, -0.1) is 0 Å². The molecule has 0 atom stereocenters. The van der Waals surface area contributed by atoms with Crippen molar-refractivity contribution in [1.29, 1.82) is 0 Å². The monoisotopic (exact) mass is 263 g/mol. The number of carbonyl (C=O) groups is 1. The zero-order valence-corrected chi connectivity index (χ0v) is 11.0. The fourth-order valence-corrected chi connectivity index (χ4v) is 2.34. The molecule has 1 heterocycles. The van der Waals surface area contributed by atoms with Gasteiger partial charge in [-0.05, 0) is 37.6 Å². The summed E-state index contributed by atoms with van der Waals surface area (Å²) in [5.41, 5.74) is 3.71. The van der Waals surface area contributed by atoms with Crippen LogP contribution in [-0.2, 0) is 11.2 Å². The molecule has 0 saturated carbocycles. The minimum atomic E-state index is -0.828. The van der Waals surface area contributed by atoms with Gasteiger partial charge in [0.2, 0.25) is 0 Å². The van der Waals surface area contributed by atoms with E-state index < -0.39 is 5.97 Å². The zero-order chi connectivity index (χ0) is 13.3. The van der Waals surface area contributed by atoms with Crippen LogP contribution in [0.15, 0.2) is 30.3 Å². The van der Waals surface area contributed by atoms with Crippen molar-refractivity contribution in [2.75, 3.05) is 0 Å². The minimum absolute atomic E-state index is 0.0287. The van der Waals surface area contributed by atoms with E-state index in [0.717, 1.165) is 27.7 Å². The van der Waals surface area contributed by atoms with E-state index in [1.54, 1.807) is 0 Å². The third-order valence-electron chi connectivity index (χ3n) is 2.89. The molecule has 4 heteroatoms. The molecular weight excluding hydrogens is 250 g/mol. The molecule has 2 rings (SSSR count). The van der Waals surface area contributed by atoms with Gasteiger partial charge in [0, 0.05) is 17.1 Å². The van der Waals surface area contributed by atoms with Gasteiger partial charge < -0.3 is 9.67 Å². The number of benzene rings is 1. The summed E-state index contributed by atoms with van der Waals surface area (Å²) in [5, 5.41) is 9.53. The summed E-state index contributed by atoms with van der Waals surface area (Å²) in [6.45, 7) is 3.92. The van der Waals surface area contributed by atoms with Crippen molar-refractivity contribution in [2.24, 2.45) is 0 Å². The third-order valence-corrected chi connectivity index (χ3v) is 3.28. The molecule has 0 radical (unpaired) electrons. The molecule has 0 aliphatic carbocycles. The Kier molecular flexibility index (Phi) is 3.43. The topological polar surface area (TPSA) is 42.2 Å². The number of hydrogen-bond donors (Lipinski definition) is 1. The molecule has 3 nitrogen and oxygen atoms in total. The maximum atomic E-state index is 10.7. The molecule has 1 aromatic heterocycles. The van der Waals surface area contributed by atoms with Crippen molar-refractivity contribution in [3.63, 3.8) is 0 Å². The maximum absolute atomic E-state index is 10.7. The summed E-state index contributed by atoms with van der Waals surface area (Å²) in [7, 11) is 0. The number of aryl methyl sites for hydroxylation is 1. The van der Waals surface area contributed by atoms with Gasteiger partial charge in [-0.3, -0.25) is 4.79 Å². The second-order valence-corrected chi connectivity index (χ2v) is 4.70. The highest BCUT2D eigenvalue weighted by Gasteiger charge is 2.10. The highest BCUT2D eigenvalue weighted by Crippen LogP contribution is 2.24. The maximum Gasteiger partial charge on any atom is 0.307 e. The second-order valence-electron chi connectivity index (χ2n) is 4.29. The Morgan fingerprint density at radius 3 is 2.61 bits per heavy atom. The first-order valence-electron chi connectivity index (χ1n) is 5.64. The third kappa shape index (κ3) is 2.41. The van der Waals surface area contributed by atoms with Gasteiger partial charge in [0.05, 0.1) is 11.4 Å². The molecule has 0 aliphatic rings. The molecule has 1 aromatic carbocycles. The lowest BCUT2D eigenvalue weighted by Gasteiger charge is -2.10. The molecule has 94 valence electrons. The van der Waals surface area contributed by atoms with Gasteiger partial charge in [0.25, 0.3) is 0 Å². The van der Waals surface area contributed by atoms with Crippen molar-refractivity contribution in [2.45, 2.75) is 20.3 Å². The molecule has 0 fully saturated rings. The number of nitrogens with zero attached hydrogens (tertiary/aromatic N) is 1. The first kappa shape index (κ1) is 12.7. The Bertz CT molecular complexity index is 602. The van der Waals surface area contributed by atoms with Crippen LogP contribution in [0.5, 0.6) is 0 Å². The molecule has 18 heavy (non-hydrogen) atoms. The molecule has 0 spiro atoms. The summed E-state index contributed by atoms with van der Waals surface area (Å²) in [6, 6.07) is 9.40. The smallest absolute Gasteiger partial charge is 0.307 e. The van der Waals surface area contributed by atoms with E-state index in [2.05, 4.69) is 0 Å². The lowest BCUT2D eigenvalue weighted by molar-refractivity contribution is -0.136. The van der Waals surface area contributed by atoms with E-state index >= 15 is 0 Å². The average Bonchev–Trinajstić information content (AvgIpc) is 2.52. The number of rotatable bonds is 3. The van der Waals surface area contributed by atoms with E-state index in [-0.39, 0.29) is 6.42 Å². The minimum Gasteiger partial charge on any atom is -0.481 e. The van der Waals surface area contributed by atoms with E-state index in [1.807, 2.05) is 48.7 Å². The van der Waals surface area contributed by atoms with Crippen molar-refractivity contribution in [1.82, 2.24) is 4.57 Å². The van der Waals surface area contributed by atoms with Crippen LogP contribution in [0.3, 0.4) is 0 Å². The lowest BCUT2D eigenvalue weighted by atomic mass is 10.1. The van der Waals surface area contributed by atoms with Crippen LogP contribution in [0, 0.1) is 13.8 Å². The predicted octanol–water partition coefficient (Wildman–Crippen LogP) is 3.37. The quantitative estimate of drug-likeness (QED) is 0.922. The van der Waals surface area contributed by atoms with E-state index in [4.69, 9.17) is 16.7 Å². The molecule has 0 saturated heterocycles. The van der Waals surface area contributed by atoms with Crippen LogP contribution in [0.2, 0.25) is 5.02 Å². The Hall–Kier alpha value is -1.74. The second kappa shape index (κ2) is 4.86. The number of aromatic nitrogens is 1. The summed E-state index contributed by atoms with van der Waals surface area (Å²) >= 11 is 6.09. The van der Waals surface area contributed by atoms with Crippen LogP contribution in [-0.4, -0.2) is 15.6 Å². The zero-order valence-electron chi connectivity index (χ0n) is 10.3. The fourth-order valence-electron chi connectivity index (χ4n) is 2.10. The van der Waals surface area contributed by atoms with Gasteiger partial charge >= 0.3 is 5.97 Å². The van der Waals surface area contributed by atoms with Crippen molar-refractivity contribution < 1.29 is 9.90 Å². The molecule has 2 aromatic rings. The summed E-state index contributed by atoms with van der Waals surface area (Å²) in [6.07, 6.45) is 0.0287. The first-order chi connectivity index (χ1) is 8.49. The fraction of sp³-hybridized carbons (Fsp3) is 0.214.